The van der Waals surface area contributed by atoms with Gasteiger partial charge in [0.2, 0.25) is 0 Å². The van der Waals surface area contributed by atoms with E-state index in [2.05, 4.69) is 15.8 Å². The van der Waals surface area contributed by atoms with Crippen LogP contribution in [0.1, 0.15) is 16.7 Å². The summed E-state index contributed by atoms with van der Waals surface area (Å²) < 4.78 is 0. The van der Waals surface area contributed by atoms with Gasteiger partial charge in [0.05, 0.1) is 11.1 Å². The average Bonchev–Trinajstić information content (AvgIpc) is 2.51. The predicted octanol–water partition coefficient (Wildman–Crippen LogP) is 3.53. The standard InChI is InChI=1S/C16H16N4O2S/c1-11-5-3-6-12(2)15(11)18-16(23)19-17-10-13-7-4-8-14(9-13)20(21)22/h3-10H,1-2H3,(H2,18,19,23)/b17-10-. The van der Waals surface area contributed by atoms with Gasteiger partial charge in [0.15, 0.2) is 5.11 Å². The van der Waals surface area contributed by atoms with Crippen molar-refractivity contribution in [3.05, 3.63) is 69.3 Å². The third-order valence-corrected chi connectivity index (χ3v) is 3.37. The van der Waals surface area contributed by atoms with E-state index in [1.54, 1.807) is 12.1 Å². The van der Waals surface area contributed by atoms with Crippen molar-refractivity contribution in [2.45, 2.75) is 13.8 Å². The van der Waals surface area contributed by atoms with Gasteiger partial charge in [0, 0.05) is 23.4 Å². The van der Waals surface area contributed by atoms with Crippen molar-refractivity contribution in [3.8, 4) is 0 Å². The number of thiocarbonyl (C=S) groups is 1. The summed E-state index contributed by atoms with van der Waals surface area (Å²) in [4.78, 5) is 10.3. The van der Waals surface area contributed by atoms with Crippen LogP contribution in [0.4, 0.5) is 11.4 Å². The molecule has 0 bridgehead atoms. The summed E-state index contributed by atoms with van der Waals surface area (Å²) in [7, 11) is 0. The molecular formula is C16H16N4O2S. The Balaban J connectivity index is 1.99. The van der Waals surface area contributed by atoms with Gasteiger partial charge in [-0.15, -0.1) is 0 Å². The number of non-ortho nitro benzene ring substituents is 1. The van der Waals surface area contributed by atoms with E-state index in [-0.39, 0.29) is 5.69 Å². The Morgan fingerprint density at radius 2 is 1.87 bits per heavy atom. The largest absolute Gasteiger partial charge is 0.331 e. The molecule has 7 heteroatoms. The zero-order valence-corrected chi connectivity index (χ0v) is 13.6. The Morgan fingerprint density at radius 1 is 1.22 bits per heavy atom. The quantitative estimate of drug-likeness (QED) is 0.388. The molecule has 2 aromatic rings. The molecule has 2 N–H and O–H groups in total. The molecular weight excluding hydrogens is 312 g/mol. The molecule has 0 saturated heterocycles. The summed E-state index contributed by atoms with van der Waals surface area (Å²) in [5.41, 5.74) is 6.44. The van der Waals surface area contributed by atoms with Gasteiger partial charge < -0.3 is 5.32 Å². The van der Waals surface area contributed by atoms with E-state index in [1.165, 1.54) is 18.3 Å². The Morgan fingerprint density at radius 3 is 2.52 bits per heavy atom. The van der Waals surface area contributed by atoms with Crippen molar-refractivity contribution >= 4 is 34.9 Å². The SMILES string of the molecule is Cc1cccc(C)c1NC(=S)N/N=C\c1cccc([N+](=O)[O-])c1. The van der Waals surface area contributed by atoms with Gasteiger partial charge in [0.1, 0.15) is 0 Å². The van der Waals surface area contributed by atoms with Crippen LogP contribution in [0.3, 0.4) is 0 Å². The molecule has 0 amide bonds. The molecule has 6 nitrogen and oxygen atoms in total. The highest BCUT2D eigenvalue weighted by Gasteiger charge is 2.05. The summed E-state index contributed by atoms with van der Waals surface area (Å²) in [6, 6.07) is 12.2. The molecule has 0 unspecified atom stereocenters. The highest BCUT2D eigenvalue weighted by atomic mass is 32.1. The maximum absolute atomic E-state index is 10.7. The lowest BCUT2D eigenvalue weighted by molar-refractivity contribution is -0.384. The number of anilines is 1. The van der Waals surface area contributed by atoms with E-state index in [0.717, 1.165) is 16.8 Å². The summed E-state index contributed by atoms with van der Waals surface area (Å²) in [5.74, 6) is 0. The molecule has 0 aromatic heterocycles. The van der Waals surface area contributed by atoms with E-state index >= 15 is 0 Å². The second-order valence-corrected chi connectivity index (χ2v) is 5.35. The number of nitro groups is 1. The molecule has 0 fully saturated rings. The van der Waals surface area contributed by atoms with Crippen LogP contribution in [-0.2, 0) is 0 Å². The third kappa shape index (κ3) is 4.58. The lowest BCUT2D eigenvalue weighted by Crippen LogP contribution is -2.24. The van der Waals surface area contributed by atoms with Gasteiger partial charge in [-0.1, -0.05) is 30.3 Å². The minimum absolute atomic E-state index is 0.0187. The van der Waals surface area contributed by atoms with Crippen molar-refractivity contribution in [2.24, 2.45) is 5.10 Å². The van der Waals surface area contributed by atoms with Crippen molar-refractivity contribution in [3.63, 3.8) is 0 Å². The molecule has 0 aliphatic rings. The number of aryl methyl sites for hydroxylation is 2. The minimum atomic E-state index is -0.447. The molecule has 2 aromatic carbocycles. The number of hydrogen-bond acceptors (Lipinski definition) is 4. The third-order valence-electron chi connectivity index (χ3n) is 3.18. The minimum Gasteiger partial charge on any atom is -0.331 e. The smallest absolute Gasteiger partial charge is 0.270 e. The second-order valence-electron chi connectivity index (χ2n) is 4.94. The van der Waals surface area contributed by atoms with E-state index < -0.39 is 4.92 Å². The zero-order valence-electron chi connectivity index (χ0n) is 12.7. The van der Waals surface area contributed by atoms with Crippen LogP contribution in [0.25, 0.3) is 0 Å². The van der Waals surface area contributed by atoms with Crippen LogP contribution < -0.4 is 10.7 Å². The summed E-state index contributed by atoms with van der Waals surface area (Å²) in [5, 5.41) is 18.2. The maximum atomic E-state index is 10.7. The van der Waals surface area contributed by atoms with Crippen LogP contribution in [0.2, 0.25) is 0 Å². The number of nitrogens with zero attached hydrogens (tertiary/aromatic N) is 2. The molecule has 0 heterocycles. The summed E-state index contributed by atoms with van der Waals surface area (Å²) in [6.45, 7) is 3.98. The van der Waals surface area contributed by atoms with E-state index in [1.807, 2.05) is 32.0 Å². The number of hydrogen-bond donors (Lipinski definition) is 2. The van der Waals surface area contributed by atoms with Crippen molar-refractivity contribution in [1.82, 2.24) is 5.43 Å². The summed E-state index contributed by atoms with van der Waals surface area (Å²) in [6.07, 6.45) is 1.48. The van der Waals surface area contributed by atoms with Gasteiger partial charge in [-0.2, -0.15) is 5.10 Å². The van der Waals surface area contributed by atoms with E-state index in [0.29, 0.717) is 10.7 Å². The van der Waals surface area contributed by atoms with Crippen LogP contribution in [0.5, 0.6) is 0 Å². The number of para-hydroxylation sites is 1. The van der Waals surface area contributed by atoms with Gasteiger partial charge in [0.25, 0.3) is 5.69 Å². The number of benzene rings is 2. The first-order chi connectivity index (χ1) is 11.0. The predicted molar refractivity (Wildman–Crippen MR) is 96.0 cm³/mol. The van der Waals surface area contributed by atoms with Crippen LogP contribution in [0.15, 0.2) is 47.6 Å². The normalized spacial score (nSPS) is 10.5. The fraction of sp³-hybridized carbons (Fsp3) is 0.125. The average molecular weight is 328 g/mol. The van der Waals surface area contributed by atoms with Crippen molar-refractivity contribution < 1.29 is 4.92 Å². The van der Waals surface area contributed by atoms with E-state index in [4.69, 9.17) is 12.2 Å². The second kappa shape index (κ2) is 7.46. The van der Waals surface area contributed by atoms with Crippen molar-refractivity contribution in [2.75, 3.05) is 5.32 Å². The molecule has 0 radical (unpaired) electrons. The Labute approximate surface area is 139 Å². The lowest BCUT2D eigenvalue weighted by atomic mass is 10.1. The molecule has 0 aliphatic carbocycles. The molecule has 2 rings (SSSR count). The monoisotopic (exact) mass is 328 g/mol. The molecule has 0 spiro atoms. The number of rotatable bonds is 4. The van der Waals surface area contributed by atoms with Gasteiger partial charge in [-0.05, 0) is 37.2 Å². The first-order valence-electron chi connectivity index (χ1n) is 6.88. The Kier molecular flexibility index (Phi) is 5.37. The fourth-order valence-corrected chi connectivity index (χ4v) is 2.19. The van der Waals surface area contributed by atoms with Gasteiger partial charge in [-0.25, -0.2) is 0 Å². The lowest BCUT2D eigenvalue weighted by Gasteiger charge is -2.12. The zero-order chi connectivity index (χ0) is 16.8. The molecule has 0 aliphatic heterocycles. The topological polar surface area (TPSA) is 79.6 Å². The highest BCUT2D eigenvalue weighted by Crippen LogP contribution is 2.19. The molecule has 118 valence electrons. The highest BCUT2D eigenvalue weighted by molar-refractivity contribution is 7.80. The summed E-state index contributed by atoms with van der Waals surface area (Å²) >= 11 is 5.19. The number of hydrazone groups is 1. The van der Waals surface area contributed by atoms with Crippen molar-refractivity contribution in [1.29, 1.82) is 0 Å². The first kappa shape index (κ1) is 16.6. The Hall–Kier alpha value is -2.80. The number of nitro benzene ring substituents is 1. The molecule has 0 saturated carbocycles. The molecule has 0 atom stereocenters. The van der Waals surface area contributed by atoms with E-state index in [9.17, 15) is 10.1 Å². The van der Waals surface area contributed by atoms with Gasteiger partial charge in [-0.3, -0.25) is 15.5 Å². The first-order valence-corrected chi connectivity index (χ1v) is 7.29. The van der Waals surface area contributed by atoms with Crippen LogP contribution in [0, 0.1) is 24.0 Å². The maximum Gasteiger partial charge on any atom is 0.270 e. The van der Waals surface area contributed by atoms with Crippen LogP contribution in [-0.4, -0.2) is 16.3 Å². The molecule has 23 heavy (non-hydrogen) atoms. The number of nitrogens with one attached hydrogen (secondary N) is 2. The fourth-order valence-electron chi connectivity index (χ4n) is 2.04. The Bertz CT molecular complexity index is 754. The van der Waals surface area contributed by atoms with Crippen LogP contribution >= 0.6 is 12.2 Å². The van der Waals surface area contributed by atoms with Gasteiger partial charge >= 0.3 is 0 Å².